The van der Waals surface area contributed by atoms with Gasteiger partial charge in [0.05, 0.1) is 15.2 Å². The Morgan fingerprint density at radius 1 is 1.39 bits per heavy atom. The molecule has 0 bridgehead atoms. The topological polar surface area (TPSA) is 29.4 Å². The van der Waals surface area contributed by atoms with E-state index in [9.17, 15) is 4.79 Å². The Labute approximate surface area is 121 Å². The average molecular weight is 300 g/mol. The lowest BCUT2D eigenvalue weighted by molar-refractivity contribution is 0.0900. The quantitative estimate of drug-likeness (QED) is 0.467. The predicted octanol–water partition coefficient (Wildman–Crippen LogP) is 4.45. The van der Waals surface area contributed by atoms with Crippen LogP contribution in [-0.2, 0) is 0 Å². The second-order valence-corrected chi connectivity index (χ2v) is 5.35. The summed E-state index contributed by atoms with van der Waals surface area (Å²) in [5, 5.41) is 3.13. The van der Waals surface area contributed by atoms with Crippen LogP contribution in [0.25, 0.3) is 0 Å². The number of Topliss-reactive ketones (excluding diaryl/α,β-unsaturated/α-hetero) is 1. The highest BCUT2D eigenvalue weighted by Gasteiger charge is 2.32. The summed E-state index contributed by atoms with van der Waals surface area (Å²) < 4.78 is 0. The minimum absolute atomic E-state index is 0.0596. The molecule has 0 amide bonds. The second-order valence-electron chi connectivity index (χ2n) is 4.35. The van der Waals surface area contributed by atoms with E-state index in [0.717, 1.165) is 19.3 Å². The van der Waals surface area contributed by atoms with Gasteiger partial charge >= 0.3 is 0 Å². The van der Waals surface area contributed by atoms with Crippen molar-refractivity contribution in [1.29, 1.82) is 0 Å². The van der Waals surface area contributed by atoms with Gasteiger partial charge in [-0.25, -0.2) is 4.99 Å². The van der Waals surface area contributed by atoms with Crippen LogP contribution in [0.2, 0.25) is 10.0 Å². The lowest BCUT2D eigenvalue weighted by atomic mass is 9.77. The molecular weight excluding hydrogens is 289 g/mol. The molecule has 1 aliphatic carbocycles. The van der Waals surface area contributed by atoms with Crippen molar-refractivity contribution in [2.75, 3.05) is 0 Å². The third kappa shape index (κ3) is 2.81. The Bertz CT molecular complexity index is 522. The number of carbonyl (C=O) groups excluding carboxylic acids is 1. The minimum Gasteiger partial charge on any atom is -0.292 e. The normalized spacial score (nSPS) is 16.6. The number of rotatable bonds is 4. The number of benzene rings is 1. The van der Waals surface area contributed by atoms with Gasteiger partial charge in [0, 0.05) is 5.56 Å². The molecule has 0 spiro atoms. The first-order chi connectivity index (χ1) is 8.63. The molecule has 0 aromatic heterocycles. The first kappa shape index (κ1) is 13.7. The fourth-order valence-corrected chi connectivity index (χ4v) is 2.42. The summed E-state index contributed by atoms with van der Waals surface area (Å²) in [7, 11) is 0. The number of aliphatic imine (C=N–C) groups is 1. The summed E-state index contributed by atoms with van der Waals surface area (Å²) in [5.74, 6) is 0.220. The van der Waals surface area contributed by atoms with Gasteiger partial charge in [-0.1, -0.05) is 29.6 Å². The molecule has 1 aromatic carbocycles. The summed E-state index contributed by atoms with van der Waals surface area (Å²) >= 11 is 16.4. The van der Waals surface area contributed by atoms with Crippen LogP contribution >= 0.6 is 35.4 Å². The highest BCUT2D eigenvalue weighted by molar-refractivity contribution is 7.78. The van der Waals surface area contributed by atoms with Crippen molar-refractivity contribution in [3.8, 4) is 0 Å². The molecule has 1 saturated carbocycles. The highest BCUT2D eigenvalue weighted by atomic mass is 35.5. The maximum absolute atomic E-state index is 12.4. The van der Waals surface area contributed by atoms with Gasteiger partial charge in [-0.2, -0.15) is 0 Å². The lowest BCUT2D eigenvalue weighted by Gasteiger charge is -2.29. The van der Waals surface area contributed by atoms with E-state index in [1.165, 1.54) is 0 Å². The average Bonchev–Trinajstić information content (AvgIpc) is 2.29. The molecule has 94 valence electrons. The first-order valence-electron chi connectivity index (χ1n) is 5.69. The molecule has 1 atom stereocenters. The fraction of sp³-hybridized carbons (Fsp3) is 0.385. The number of hydrogen-bond donors (Lipinski definition) is 0. The summed E-state index contributed by atoms with van der Waals surface area (Å²) in [6.07, 6.45) is 3.17. The molecule has 5 heteroatoms. The third-order valence-electron chi connectivity index (χ3n) is 3.26. The standard InChI is InChI=1S/C13H11Cl2NOS/c14-10-5-4-9(6-11(10)15)13(17)12(16-7-18)8-2-1-3-8/h4-6,8,12H,1-3H2. The second kappa shape index (κ2) is 5.94. The van der Waals surface area contributed by atoms with Crippen LogP contribution in [0.15, 0.2) is 23.2 Å². The molecule has 0 radical (unpaired) electrons. The maximum atomic E-state index is 12.4. The van der Waals surface area contributed by atoms with E-state index in [1.807, 2.05) is 0 Å². The maximum Gasteiger partial charge on any atom is 0.188 e. The summed E-state index contributed by atoms with van der Waals surface area (Å²) in [4.78, 5) is 16.4. The molecule has 18 heavy (non-hydrogen) atoms. The zero-order valence-corrected chi connectivity index (χ0v) is 11.9. The highest BCUT2D eigenvalue weighted by Crippen LogP contribution is 2.33. The Kier molecular flexibility index (Phi) is 4.52. The Morgan fingerprint density at radius 2 is 2.11 bits per heavy atom. The van der Waals surface area contributed by atoms with Crippen molar-refractivity contribution >= 4 is 46.4 Å². The molecule has 1 aliphatic rings. The molecule has 0 saturated heterocycles. The monoisotopic (exact) mass is 299 g/mol. The molecule has 1 unspecified atom stereocenters. The summed E-state index contributed by atoms with van der Waals surface area (Å²) in [6, 6.07) is 4.45. The van der Waals surface area contributed by atoms with E-state index in [-0.39, 0.29) is 11.7 Å². The third-order valence-corrected chi connectivity index (χ3v) is 4.11. The number of nitrogens with zero attached hydrogens (tertiary/aromatic N) is 1. The van der Waals surface area contributed by atoms with Crippen LogP contribution in [-0.4, -0.2) is 17.0 Å². The molecule has 2 rings (SSSR count). The summed E-state index contributed by atoms with van der Waals surface area (Å²) in [5.41, 5.74) is 0.523. The van der Waals surface area contributed by atoms with Crippen molar-refractivity contribution < 1.29 is 4.79 Å². The molecule has 1 fully saturated rings. The lowest BCUT2D eigenvalue weighted by Crippen LogP contribution is -2.32. The fourth-order valence-electron chi connectivity index (χ4n) is 2.01. The van der Waals surface area contributed by atoms with Crippen molar-refractivity contribution in [3.63, 3.8) is 0 Å². The smallest absolute Gasteiger partial charge is 0.188 e. The van der Waals surface area contributed by atoms with E-state index in [4.69, 9.17) is 23.2 Å². The first-order valence-corrected chi connectivity index (χ1v) is 6.86. The van der Waals surface area contributed by atoms with E-state index in [1.54, 1.807) is 18.2 Å². The zero-order valence-electron chi connectivity index (χ0n) is 9.53. The van der Waals surface area contributed by atoms with Crippen molar-refractivity contribution in [2.24, 2.45) is 10.9 Å². The van der Waals surface area contributed by atoms with Gasteiger partial charge in [0.25, 0.3) is 0 Å². The number of carbonyl (C=O) groups is 1. The van der Waals surface area contributed by atoms with Crippen LogP contribution in [0.4, 0.5) is 0 Å². The number of hydrogen-bond acceptors (Lipinski definition) is 3. The Balaban J connectivity index is 2.26. The van der Waals surface area contributed by atoms with Gasteiger partial charge in [-0.15, -0.1) is 0 Å². The number of halogens is 2. The molecule has 1 aromatic rings. The SMILES string of the molecule is O=C(c1ccc(Cl)c(Cl)c1)C(N=C=S)C1CCC1. The van der Waals surface area contributed by atoms with Gasteiger partial charge < -0.3 is 0 Å². The molecule has 2 nitrogen and oxygen atoms in total. The molecule has 0 aliphatic heterocycles. The van der Waals surface area contributed by atoms with E-state index in [2.05, 4.69) is 22.4 Å². The van der Waals surface area contributed by atoms with Gasteiger partial charge in [0.2, 0.25) is 0 Å². The number of isothiocyanates is 1. The zero-order chi connectivity index (χ0) is 13.1. The minimum atomic E-state index is -0.423. The Hall–Kier alpha value is -0.730. The van der Waals surface area contributed by atoms with Crippen LogP contribution in [0, 0.1) is 5.92 Å². The van der Waals surface area contributed by atoms with Crippen molar-refractivity contribution in [1.82, 2.24) is 0 Å². The molecular formula is C13H11Cl2NOS. The van der Waals surface area contributed by atoms with Crippen LogP contribution in [0.1, 0.15) is 29.6 Å². The van der Waals surface area contributed by atoms with E-state index in [0.29, 0.717) is 15.6 Å². The van der Waals surface area contributed by atoms with E-state index >= 15 is 0 Å². The number of ketones is 1. The molecule has 0 N–H and O–H groups in total. The van der Waals surface area contributed by atoms with Crippen LogP contribution in [0.3, 0.4) is 0 Å². The predicted molar refractivity (Wildman–Crippen MR) is 76.9 cm³/mol. The molecule has 0 heterocycles. The summed E-state index contributed by atoms with van der Waals surface area (Å²) in [6.45, 7) is 0. The largest absolute Gasteiger partial charge is 0.292 e. The van der Waals surface area contributed by atoms with Gasteiger partial charge in [0.15, 0.2) is 5.78 Å². The van der Waals surface area contributed by atoms with Crippen LogP contribution < -0.4 is 0 Å². The van der Waals surface area contributed by atoms with Crippen molar-refractivity contribution in [3.05, 3.63) is 33.8 Å². The number of thiocarbonyl (C=S) groups is 1. The van der Waals surface area contributed by atoms with Gasteiger partial charge in [0.1, 0.15) is 6.04 Å². The van der Waals surface area contributed by atoms with Crippen LogP contribution in [0.5, 0.6) is 0 Å². The van der Waals surface area contributed by atoms with Crippen molar-refractivity contribution in [2.45, 2.75) is 25.3 Å². The van der Waals surface area contributed by atoms with Gasteiger partial charge in [-0.3, -0.25) is 4.79 Å². The Morgan fingerprint density at radius 3 is 2.61 bits per heavy atom. The van der Waals surface area contributed by atoms with E-state index < -0.39 is 6.04 Å². The van der Waals surface area contributed by atoms with Gasteiger partial charge in [-0.05, 0) is 49.2 Å².